The number of hydrogen-bond acceptors (Lipinski definition) is 3. The second-order valence-corrected chi connectivity index (χ2v) is 5.38. The van der Waals surface area contributed by atoms with Crippen molar-refractivity contribution in [1.29, 1.82) is 0 Å². The molecular formula is C16H24N2O2. The second-order valence-electron chi connectivity index (χ2n) is 5.38. The standard InChI is InChI=1S/C16H24N2O2/c1-4-8-18-9-10-20-11-14(18)16(19)17-15-12(2)6-5-7-13(15)3/h5-7,14H,4,8-11H2,1-3H3,(H,17,19). The maximum absolute atomic E-state index is 12.5. The number of carbonyl (C=O) groups is 1. The highest BCUT2D eigenvalue weighted by atomic mass is 16.5. The first-order valence-corrected chi connectivity index (χ1v) is 7.32. The smallest absolute Gasteiger partial charge is 0.244 e. The van der Waals surface area contributed by atoms with Crippen molar-refractivity contribution in [2.24, 2.45) is 0 Å². The Labute approximate surface area is 121 Å². The predicted molar refractivity (Wildman–Crippen MR) is 81.0 cm³/mol. The Balaban J connectivity index is 2.10. The zero-order chi connectivity index (χ0) is 14.5. The van der Waals surface area contributed by atoms with Gasteiger partial charge < -0.3 is 10.1 Å². The van der Waals surface area contributed by atoms with E-state index in [2.05, 4.69) is 17.1 Å². The first kappa shape index (κ1) is 15.0. The summed E-state index contributed by atoms with van der Waals surface area (Å²) >= 11 is 0. The zero-order valence-electron chi connectivity index (χ0n) is 12.6. The molecule has 1 fully saturated rings. The molecule has 0 spiro atoms. The van der Waals surface area contributed by atoms with Crippen molar-refractivity contribution in [2.75, 3.05) is 31.6 Å². The molecule has 1 N–H and O–H groups in total. The maximum Gasteiger partial charge on any atom is 0.244 e. The number of rotatable bonds is 4. The number of benzene rings is 1. The lowest BCUT2D eigenvalue weighted by Crippen LogP contribution is -2.52. The van der Waals surface area contributed by atoms with Crippen LogP contribution in [0.15, 0.2) is 18.2 Å². The van der Waals surface area contributed by atoms with Gasteiger partial charge in [0.2, 0.25) is 5.91 Å². The number of morpholine rings is 1. The molecule has 20 heavy (non-hydrogen) atoms. The molecule has 0 aromatic heterocycles. The Morgan fingerprint density at radius 2 is 2.10 bits per heavy atom. The Morgan fingerprint density at radius 1 is 1.40 bits per heavy atom. The van der Waals surface area contributed by atoms with E-state index in [9.17, 15) is 4.79 Å². The Bertz CT molecular complexity index is 451. The molecule has 1 aliphatic heterocycles. The van der Waals surface area contributed by atoms with E-state index in [1.54, 1.807) is 0 Å². The van der Waals surface area contributed by atoms with Crippen LogP contribution < -0.4 is 5.32 Å². The van der Waals surface area contributed by atoms with Gasteiger partial charge in [0.05, 0.1) is 13.2 Å². The van der Waals surface area contributed by atoms with Crippen molar-refractivity contribution in [3.63, 3.8) is 0 Å². The number of ether oxygens (including phenoxy) is 1. The van der Waals surface area contributed by atoms with Crippen LogP contribution in [0.1, 0.15) is 24.5 Å². The SMILES string of the molecule is CCCN1CCOCC1C(=O)Nc1c(C)cccc1C. The van der Waals surface area contributed by atoms with E-state index in [0.717, 1.165) is 36.3 Å². The van der Waals surface area contributed by atoms with Gasteiger partial charge >= 0.3 is 0 Å². The Morgan fingerprint density at radius 3 is 2.75 bits per heavy atom. The monoisotopic (exact) mass is 276 g/mol. The van der Waals surface area contributed by atoms with Crippen molar-refractivity contribution in [3.8, 4) is 0 Å². The van der Waals surface area contributed by atoms with Crippen LogP contribution in [0.25, 0.3) is 0 Å². The van der Waals surface area contributed by atoms with E-state index >= 15 is 0 Å². The third-order valence-corrected chi connectivity index (χ3v) is 3.78. The Hall–Kier alpha value is -1.39. The summed E-state index contributed by atoms with van der Waals surface area (Å²) in [5.74, 6) is 0.0375. The summed E-state index contributed by atoms with van der Waals surface area (Å²) < 4.78 is 5.48. The Kier molecular flexibility index (Phi) is 5.15. The number of anilines is 1. The number of nitrogens with zero attached hydrogens (tertiary/aromatic N) is 1. The van der Waals surface area contributed by atoms with Gasteiger partial charge in [-0.3, -0.25) is 9.69 Å². The summed E-state index contributed by atoms with van der Waals surface area (Å²) in [6.45, 7) is 9.14. The van der Waals surface area contributed by atoms with Gasteiger partial charge in [-0.2, -0.15) is 0 Å². The van der Waals surface area contributed by atoms with Crippen LogP contribution >= 0.6 is 0 Å². The summed E-state index contributed by atoms with van der Waals surface area (Å²) in [5, 5.41) is 3.08. The van der Waals surface area contributed by atoms with E-state index in [0.29, 0.717) is 13.2 Å². The fourth-order valence-corrected chi connectivity index (χ4v) is 2.65. The highest BCUT2D eigenvalue weighted by Crippen LogP contribution is 2.20. The van der Waals surface area contributed by atoms with Crippen LogP contribution in [-0.2, 0) is 9.53 Å². The van der Waals surface area contributed by atoms with Gasteiger partial charge in [-0.15, -0.1) is 0 Å². The number of nitrogens with one attached hydrogen (secondary N) is 1. The normalized spacial score (nSPS) is 19.9. The summed E-state index contributed by atoms with van der Waals surface area (Å²) in [4.78, 5) is 14.7. The van der Waals surface area contributed by atoms with Crippen LogP contribution in [0.4, 0.5) is 5.69 Å². The molecule has 1 aromatic carbocycles. The van der Waals surface area contributed by atoms with Crippen molar-refractivity contribution in [2.45, 2.75) is 33.2 Å². The van der Waals surface area contributed by atoms with Gasteiger partial charge in [0.25, 0.3) is 0 Å². The van der Waals surface area contributed by atoms with Gasteiger partial charge in [0.1, 0.15) is 6.04 Å². The largest absolute Gasteiger partial charge is 0.378 e. The first-order valence-electron chi connectivity index (χ1n) is 7.32. The van der Waals surface area contributed by atoms with Gasteiger partial charge in [0.15, 0.2) is 0 Å². The fraction of sp³-hybridized carbons (Fsp3) is 0.562. The van der Waals surface area contributed by atoms with Gasteiger partial charge in [-0.25, -0.2) is 0 Å². The lowest BCUT2D eigenvalue weighted by Gasteiger charge is -2.34. The molecule has 1 aliphatic rings. The number of hydrogen-bond donors (Lipinski definition) is 1. The molecule has 1 atom stereocenters. The van der Waals surface area contributed by atoms with Crippen LogP contribution in [-0.4, -0.2) is 43.2 Å². The highest BCUT2D eigenvalue weighted by Gasteiger charge is 2.29. The topological polar surface area (TPSA) is 41.6 Å². The lowest BCUT2D eigenvalue weighted by molar-refractivity contribution is -0.127. The first-order chi connectivity index (χ1) is 9.63. The number of aryl methyl sites for hydroxylation is 2. The fourth-order valence-electron chi connectivity index (χ4n) is 2.65. The van der Waals surface area contributed by atoms with E-state index in [-0.39, 0.29) is 11.9 Å². The maximum atomic E-state index is 12.5. The number of para-hydroxylation sites is 1. The molecule has 1 aromatic rings. The van der Waals surface area contributed by atoms with E-state index in [4.69, 9.17) is 4.74 Å². The molecule has 0 aliphatic carbocycles. The average molecular weight is 276 g/mol. The molecule has 4 nitrogen and oxygen atoms in total. The van der Waals surface area contributed by atoms with Crippen molar-refractivity contribution in [1.82, 2.24) is 4.90 Å². The molecule has 1 amide bonds. The molecule has 0 saturated carbocycles. The highest BCUT2D eigenvalue weighted by molar-refractivity contribution is 5.96. The third kappa shape index (κ3) is 3.38. The summed E-state index contributed by atoms with van der Waals surface area (Å²) in [6.07, 6.45) is 1.05. The molecule has 1 saturated heterocycles. The molecular weight excluding hydrogens is 252 g/mol. The van der Waals surface area contributed by atoms with Crippen molar-refractivity contribution in [3.05, 3.63) is 29.3 Å². The summed E-state index contributed by atoms with van der Waals surface area (Å²) in [5.41, 5.74) is 3.12. The molecule has 0 radical (unpaired) electrons. The minimum atomic E-state index is -0.178. The van der Waals surface area contributed by atoms with Gasteiger partial charge in [-0.05, 0) is 37.9 Å². The molecule has 4 heteroatoms. The van der Waals surface area contributed by atoms with Gasteiger partial charge in [0, 0.05) is 12.2 Å². The molecule has 110 valence electrons. The minimum absolute atomic E-state index is 0.0375. The number of carbonyl (C=O) groups excluding carboxylic acids is 1. The third-order valence-electron chi connectivity index (χ3n) is 3.78. The molecule has 1 heterocycles. The van der Waals surface area contributed by atoms with Crippen molar-refractivity contribution >= 4 is 11.6 Å². The average Bonchev–Trinajstić information content (AvgIpc) is 2.44. The van der Waals surface area contributed by atoms with Crippen LogP contribution in [0.3, 0.4) is 0 Å². The summed E-state index contributed by atoms with van der Waals surface area (Å²) in [7, 11) is 0. The molecule has 2 rings (SSSR count). The van der Waals surface area contributed by atoms with Crippen LogP contribution in [0.5, 0.6) is 0 Å². The minimum Gasteiger partial charge on any atom is -0.378 e. The van der Waals surface area contributed by atoms with Crippen molar-refractivity contribution < 1.29 is 9.53 Å². The van der Waals surface area contributed by atoms with E-state index < -0.39 is 0 Å². The summed E-state index contributed by atoms with van der Waals surface area (Å²) in [6, 6.07) is 5.86. The quantitative estimate of drug-likeness (QED) is 0.918. The van der Waals surface area contributed by atoms with Crippen LogP contribution in [0.2, 0.25) is 0 Å². The second kappa shape index (κ2) is 6.86. The van der Waals surface area contributed by atoms with Crippen LogP contribution in [0, 0.1) is 13.8 Å². The number of amides is 1. The molecule has 0 bridgehead atoms. The molecule has 1 unspecified atom stereocenters. The lowest BCUT2D eigenvalue weighted by atomic mass is 10.1. The predicted octanol–water partition coefficient (Wildman–Crippen LogP) is 2.35. The van der Waals surface area contributed by atoms with E-state index in [1.165, 1.54) is 0 Å². The van der Waals surface area contributed by atoms with E-state index in [1.807, 2.05) is 32.0 Å². The zero-order valence-corrected chi connectivity index (χ0v) is 12.6. The van der Waals surface area contributed by atoms with Gasteiger partial charge in [-0.1, -0.05) is 25.1 Å².